The van der Waals surface area contributed by atoms with E-state index in [4.69, 9.17) is 9.47 Å². The Balaban J connectivity index is 2.32. The van der Waals surface area contributed by atoms with Crippen molar-refractivity contribution in [2.75, 3.05) is 39.9 Å². The van der Waals surface area contributed by atoms with Gasteiger partial charge in [0.1, 0.15) is 0 Å². The lowest BCUT2D eigenvalue weighted by Gasteiger charge is -2.44. The van der Waals surface area contributed by atoms with Crippen LogP contribution in [0.1, 0.15) is 27.7 Å². The second-order valence-electron chi connectivity index (χ2n) is 5.66. The molecule has 102 valence electrons. The number of nitrogens with one attached hydrogen (secondary N) is 1. The standard InChI is InChI=1S/C13H28N2O2/c1-11(8-14-6-7-16-5)15-9-12(2)17-13(3,4)10-15/h11-12,14H,6-10H2,1-5H3. The van der Waals surface area contributed by atoms with Gasteiger partial charge in [-0.25, -0.2) is 0 Å². The Bertz CT molecular complexity index is 221. The predicted molar refractivity (Wildman–Crippen MR) is 70.4 cm³/mol. The zero-order valence-electron chi connectivity index (χ0n) is 12.0. The average molecular weight is 244 g/mol. The fourth-order valence-corrected chi connectivity index (χ4v) is 2.45. The van der Waals surface area contributed by atoms with Crippen LogP contribution in [-0.2, 0) is 9.47 Å². The number of nitrogens with zero attached hydrogens (tertiary/aromatic N) is 1. The number of ether oxygens (including phenoxy) is 2. The molecule has 1 heterocycles. The molecule has 4 heteroatoms. The van der Waals surface area contributed by atoms with Gasteiger partial charge in [0.15, 0.2) is 0 Å². The van der Waals surface area contributed by atoms with E-state index in [-0.39, 0.29) is 5.60 Å². The second-order valence-corrected chi connectivity index (χ2v) is 5.66. The first-order valence-corrected chi connectivity index (χ1v) is 6.56. The molecule has 1 aliphatic rings. The molecule has 0 aromatic heterocycles. The molecular formula is C13H28N2O2. The summed E-state index contributed by atoms with van der Waals surface area (Å²) in [6, 6.07) is 0.539. The van der Waals surface area contributed by atoms with Gasteiger partial charge in [-0.2, -0.15) is 0 Å². The van der Waals surface area contributed by atoms with Gasteiger partial charge in [0.05, 0.1) is 18.3 Å². The highest BCUT2D eigenvalue weighted by Gasteiger charge is 2.33. The topological polar surface area (TPSA) is 33.7 Å². The lowest BCUT2D eigenvalue weighted by Crippen LogP contribution is -2.56. The fourth-order valence-electron chi connectivity index (χ4n) is 2.45. The summed E-state index contributed by atoms with van der Waals surface area (Å²) in [5.41, 5.74) is -0.0293. The molecule has 0 bridgehead atoms. The van der Waals surface area contributed by atoms with Gasteiger partial charge in [0.25, 0.3) is 0 Å². The summed E-state index contributed by atoms with van der Waals surface area (Å²) in [6.45, 7) is 13.5. The minimum Gasteiger partial charge on any atom is -0.383 e. The van der Waals surface area contributed by atoms with Crippen LogP contribution < -0.4 is 5.32 Å². The quantitative estimate of drug-likeness (QED) is 0.710. The number of methoxy groups -OCH3 is 1. The average Bonchev–Trinajstić information content (AvgIpc) is 2.21. The summed E-state index contributed by atoms with van der Waals surface area (Å²) in [5, 5.41) is 3.42. The van der Waals surface area contributed by atoms with Crippen molar-refractivity contribution in [2.45, 2.75) is 45.4 Å². The van der Waals surface area contributed by atoms with Crippen LogP contribution in [0.2, 0.25) is 0 Å². The van der Waals surface area contributed by atoms with Gasteiger partial charge in [-0.15, -0.1) is 0 Å². The first kappa shape index (κ1) is 14.9. The van der Waals surface area contributed by atoms with E-state index in [0.29, 0.717) is 12.1 Å². The monoisotopic (exact) mass is 244 g/mol. The molecule has 17 heavy (non-hydrogen) atoms. The molecule has 1 fully saturated rings. The summed E-state index contributed by atoms with van der Waals surface area (Å²) in [7, 11) is 1.73. The summed E-state index contributed by atoms with van der Waals surface area (Å²) < 4.78 is 10.9. The Morgan fingerprint density at radius 2 is 2.24 bits per heavy atom. The molecule has 1 rings (SSSR count). The molecule has 4 nitrogen and oxygen atoms in total. The molecule has 0 radical (unpaired) electrons. The third-order valence-electron chi connectivity index (χ3n) is 3.14. The molecule has 0 saturated carbocycles. The van der Waals surface area contributed by atoms with Crippen molar-refractivity contribution < 1.29 is 9.47 Å². The Morgan fingerprint density at radius 1 is 1.53 bits per heavy atom. The molecule has 1 aliphatic heterocycles. The Labute approximate surface area is 106 Å². The van der Waals surface area contributed by atoms with Crippen molar-refractivity contribution in [1.82, 2.24) is 10.2 Å². The Morgan fingerprint density at radius 3 is 2.82 bits per heavy atom. The van der Waals surface area contributed by atoms with Crippen molar-refractivity contribution in [1.29, 1.82) is 0 Å². The van der Waals surface area contributed by atoms with Crippen molar-refractivity contribution in [3.05, 3.63) is 0 Å². The summed E-state index contributed by atoms with van der Waals surface area (Å²) in [5.74, 6) is 0. The Hall–Kier alpha value is -0.160. The van der Waals surface area contributed by atoms with Gasteiger partial charge in [-0.1, -0.05) is 0 Å². The fraction of sp³-hybridized carbons (Fsp3) is 1.00. The Kier molecular flexibility index (Phi) is 5.86. The molecule has 0 spiro atoms. The minimum atomic E-state index is -0.0293. The van der Waals surface area contributed by atoms with Crippen LogP contribution in [0.5, 0.6) is 0 Å². The van der Waals surface area contributed by atoms with Crippen molar-refractivity contribution in [2.24, 2.45) is 0 Å². The number of hydrogen-bond acceptors (Lipinski definition) is 4. The molecule has 1 N–H and O–H groups in total. The second kappa shape index (κ2) is 6.69. The molecule has 2 unspecified atom stereocenters. The van der Waals surface area contributed by atoms with Crippen LogP contribution >= 0.6 is 0 Å². The number of hydrogen-bond donors (Lipinski definition) is 1. The van der Waals surface area contributed by atoms with E-state index >= 15 is 0 Å². The smallest absolute Gasteiger partial charge is 0.0757 e. The highest BCUT2D eigenvalue weighted by molar-refractivity contribution is 4.85. The van der Waals surface area contributed by atoms with Gasteiger partial charge >= 0.3 is 0 Å². The summed E-state index contributed by atoms with van der Waals surface area (Å²) in [4.78, 5) is 2.51. The van der Waals surface area contributed by atoms with Crippen molar-refractivity contribution >= 4 is 0 Å². The van der Waals surface area contributed by atoms with Crippen LogP contribution in [0.4, 0.5) is 0 Å². The maximum atomic E-state index is 5.91. The normalized spacial score (nSPS) is 27.0. The van der Waals surface area contributed by atoms with Crippen LogP contribution in [0, 0.1) is 0 Å². The highest BCUT2D eigenvalue weighted by Crippen LogP contribution is 2.22. The zero-order chi connectivity index (χ0) is 12.9. The lowest BCUT2D eigenvalue weighted by molar-refractivity contribution is -0.136. The molecule has 0 aliphatic carbocycles. The van der Waals surface area contributed by atoms with Crippen LogP contribution in [0.15, 0.2) is 0 Å². The minimum absolute atomic E-state index is 0.0293. The predicted octanol–water partition coefficient (Wildman–Crippen LogP) is 1.11. The van der Waals surface area contributed by atoms with E-state index in [1.54, 1.807) is 7.11 Å². The molecular weight excluding hydrogens is 216 g/mol. The van der Waals surface area contributed by atoms with Crippen molar-refractivity contribution in [3.8, 4) is 0 Å². The largest absolute Gasteiger partial charge is 0.383 e. The van der Waals surface area contributed by atoms with Crippen LogP contribution in [-0.4, -0.2) is 62.5 Å². The molecule has 0 aromatic carbocycles. The maximum absolute atomic E-state index is 5.91. The van der Waals surface area contributed by atoms with Crippen LogP contribution in [0.3, 0.4) is 0 Å². The van der Waals surface area contributed by atoms with Gasteiger partial charge in [-0.3, -0.25) is 4.90 Å². The lowest BCUT2D eigenvalue weighted by atomic mass is 10.0. The van der Waals surface area contributed by atoms with Gasteiger partial charge in [-0.05, 0) is 27.7 Å². The van der Waals surface area contributed by atoms with Gasteiger partial charge in [0.2, 0.25) is 0 Å². The first-order valence-electron chi connectivity index (χ1n) is 6.56. The van der Waals surface area contributed by atoms with Crippen molar-refractivity contribution in [3.63, 3.8) is 0 Å². The summed E-state index contributed by atoms with van der Waals surface area (Å²) >= 11 is 0. The SMILES string of the molecule is COCCNCC(C)N1CC(C)OC(C)(C)C1. The molecule has 0 amide bonds. The number of rotatable bonds is 6. The van der Waals surface area contributed by atoms with E-state index in [9.17, 15) is 0 Å². The zero-order valence-corrected chi connectivity index (χ0v) is 12.0. The van der Waals surface area contributed by atoms with E-state index in [2.05, 4.69) is 37.9 Å². The first-order chi connectivity index (χ1) is 7.94. The molecule has 2 atom stereocenters. The van der Waals surface area contributed by atoms with E-state index in [0.717, 1.165) is 32.8 Å². The maximum Gasteiger partial charge on any atom is 0.0757 e. The van der Waals surface area contributed by atoms with E-state index < -0.39 is 0 Å². The third kappa shape index (κ3) is 5.34. The van der Waals surface area contributed by atoms with E-state index in [1.807, 2.05) is 0 Å². The van der Waals surface area contributed by atoms with Crippen LogP contribution in [0.25, 0.3) is 0 Å². The molecule has 0 aromatic rings. The number of morpholine rings is 1. The van der Waals surface area contributed by atoms with Gasteiger partial charge < -0.3 is 14.8 Å². The van der Waals surface area contributed by atoms with E-state index in [1.165, 1.54) is 0 Å². The highest BCUT2D eigenvalue weighted by atomic mass is 16.5. The summed E-state index contributed by atoms with van der Waals surface area (Å²) in [6.07, 6.45) is 0.320. The van der Waals surface area contributed by atoms with Gasteiger partial charge in [0, 0.05) is 39.3 Å². The molecule has 1 saturated heterocycles. The third-order valence-corrected chi connectivity index (χ3v) is 3.14.